The Kier molecular flexibility index (Phi) is 10.7. The molecule has 4 saturated carbocycles. The zero-order valence-electron chi connectivity index (χ0n) is 27.8. The maximum atomic E-state index is 13.2. The van der Waals surface area contributed by atoms with E-state index in [1.807, 2.05) is 24.3 Å². The molecule has 5 rings (SSSR count). The van der Waals surface area contributed by atoms with Gasteiger partial charge in [0.25, 0.3) is 0 Å². The van der Waals surface area contributed by atoms with Crippen LogP contribution in [-0.4, -0.2) is 27.8 Å². The van der Waals surface area contributed by atoms with E-state index in [1.165, 1.54) is 51.4 Å². The maximum Gasteiger partial charge on any atom is 0.338 e. The molecule has 1 aromatic rings. The Morgan fingerprint density at radius 2 is 1.72 bits per heavy atom. The molecule has 242 valence electrons. The van der Waals surface area contributed by atoms with Gasteiger partial charge in [0.2, 0.25) is 0 Å². The molecule has 10 atom stereocenters. The van der Waals surface area contributed by atoms with Crippen molar-refractivity contribution in [3.05, 3.63) is 29.8 Å². The van der Waals surface area contributed by atoms with Crippen LogP contribution in [0.2, 0.25) is 0 Å². The van der Waals surface area contributed by atoms with E-state index in [9.17, 15) is 4.79 Å². The minimum atomic E-state index is -0.211. The van der Waals surface area contributed by atoms with E-state index >= 15 is 0 Å². The van der Waals surface area contributed by atoms with Crippen LogP contribution in [0, 0.1) is 46.3 Å². The first-order valence-electron chi connectivity index (χ1n) is 17.7. The summed E-state index contributed by atoms with van der Waals surface area (Å²) in [5.74, 6) is 5.53. The topological polar surface area (TPSA) is 35.5 Å². The molecule has 5 heteroatoms. The van der Waals surface area contributed by atoms with Gasteiger partial charge >= 0.3 is 5.97 Å². The highest BCUT2D eigenvalue weighted by Gasteiger charge is 2.67. The lowest BCUT2D eigenvalue weighted by molar-refractivity contribution is -0.112. The van der Waals surface area contributed by atoms with Crippen LogP contribution in [0.25, 0.3) is 0 Å². The molecule has 0 radical (unpaired) electrons. The van der Waals surface area contributed by atoms with Gasteiger partial charge in [-0.2, -0.15) is 0 Å². The number of carbonyl (C=O) groups is 1. The highest BCUT2D eigenvalue weighted by molar-refractivity contribution is 9.12. The smallest absolute Gasteiger partial charge is 0.338 e. The van der Waals surface area contributed by atoms with E-state index in [0.717, 1.165) is 73.4 Å². The van der Waals surface area contributed by atoms with Gasteiger partial charge in [-0.25, -0.2) is 4.79 Å². The first-order valence-corrected chi connectivity index (χ1v) is 19.4. The Morgan fingerprint density at radius 1 is 0.977 bits per heavy atom. The summed E-state index contributed by atoms with van der Waals surface area (Å²) < 4.78 is 11.9. The molecular weight excluding hydrogens is 664 g/mol. The Bertz CT molecular complexity index is 1090. The van der Waals surface area contributed by atoms with Gasteiger partial charge in [0.05, 0.1) is 12.2 Å². The maximum absolute atomic E-state index is 13.2. The molecule has 0 amide bonds. The standard InChI is InChI=1S/C38H58Br2O3/c1-7-8-22-42-28-14-12-27(13-15-28)35(41)43-29-18-21-37(6)33-19-20-36(5)31(26(4)11-9-10-25(2)3)16-17-32(36)30(33)23-34(39)38(37,40)24-29/h12-15,25-26,29-34H,7-11,16-24H2,1-6H3/t26-,29+,30-,31+,32-,33-,34+,36-,37-,38+/m1/s1. The van der Waals surface area contributed by atoms with Gasteiger partial charge in [0, 0.05) is 15.6 Å². The van der Waals surface area contributed by atoms with Crippen molar-refractivity contribution in [2.45, 2.75) is 140 Å². The third-order valence-electron chi connectivity index (χ3n) is 13.0. The number of halogens is 2. The number of hydrogen-bond donors (Lipinski definition) is 0. The van der Waals surface area contributed by atoms with Gasteiger partial charge in [-0.15, -0.1) is 0 Å². The Hall–Kier alpha value is -0.550. The monoisotopic (exact) mass is 720 g/mol. The van der Waals surface area contributed by atoms with E-state index in [4.69, 9.17) is 9.47 Å². The fraction of sp³-hybridized carbons (Fsp3) is 0.816. The number of fused-ring (bicyclic) bond motifs is 5. The van der Waals surface area contributed by atoms with Crippen LogP contribution >= 0.6 is 31.9 Å². The summed E-state index contributed by atoms with van der Waals surface area (Å²) in [5, 5.41) is 0. The summed E-state index contributed by atoms with van der Waals surface area (Å²) >= 11 is 8.65. The van der Waals surface area contributed by atoms with Crippen molar-refractivity contribution in [1.82, 2.24) is 0 Å². The van der Waals surface area contributed by atoms with Crippen molar-refractivity contribution in [3.63, 3.8) is 0 Å². The van der Waals surface area contributed by atoms with Crippen LogP contribution in [-0.2, 0) is 4.74 Å². The molecule has 43 heavy (non-hydrogen) atoms. The van der Waals surface area contributed by atoms with Crippen molar-refractivity contribution in [3.8, 4) is 5.75 Å². The third kappa shape index (κ3) is 6.52. The largest absolute Gasteiger partial charge is 0.494 e. The van der Waals surface area contributed by atoms with Gasteiger partial charge in [0.1, 0.15) is 11.9 Å². The summed E-state index contributed by atoms with van der Waals surface area (Å²) in [6.07, 6.45) is 16.0. The first-order chi connectivity index (χ1) is 20.4. The molecule has 0 N–H and O–H groups in total. The summed E-state index contributed by atoms with van der Waals surface area (Å²) in [7, 11) is 0. The zero-order valence-corrected chi connectivity index (χ0v) is 31.0. The van der Waals surface area contributed by atoms with E-state index in [1.54, 1.807) is 0 Å². The van der Waals surface area contributed by atoms with Crippen molar-refractivity contribution < 1.29 is 14.3 Å². The van der Waals surface area contributed by atoms with Gasteiger partial charge in [-0.3, -0.25) is 0 Å². The molecule has 0 saturated heterocycles. The Balaban J connectivity index is 1.23. The minimum Gasteiger partial charge on any atom is -0.494 e. The molecular formula is C38H58Br2O3. The normalized spacial score (nSPS) is 39.5. The summed E-state index contributed by atoms with van der Waals surface area (Å²) in [5.41, 5.74) is 1.31. The van der Waals surface area contributed by atoms with Gasteiger partial charge in [-0.05, 0) is 122 Å². The lowest BCUT2D eigenvalue weighted by Crippen LogP contribution is -2.64. The number of carbonyl (C=O) groups excluding carboxylic acids is 1. The minimum absolute atomic E-state index is 0.0583. The second-order valence-corrected chi connectivity index (χ2v) is 18.4. The number of hydrogen-bond acceptors (Lipinski definition) is 3. The molecule has 3 nitrogen and oxygen atoms in total. The fourth-order valence-corrected chi connectivity index (χ4v) is 12.7. The highest BCUT2D eigenvalue weighted by atomic mass is 79.9. The summed E-state index contributed by atoms with van der Waals surface area (Å²) in [6, 6.07) is 7.47. The van der Waals surface area contributed by atoms with E-state index in [-0.39, 0.29) is 21.8 Å². The van der Waals surface area contributed by atoms with Crippen LogP contribution in [0.5, 0.6) is 5.75 Å². The average Bonchev–Trinajstić information content (AvgIpc) is 3.32. The van der Waals surface area contributed by atoms with Crippen LogP contribution in [0.1, 0.15) is 135 Å². The molecule has 0 bridgehead atoms. The molecule has 0 heterocycles. The van der Waals surface area contributed by atoms with Crippen molar-refractivity contribution in [2.75, 3.05) is 6.61 Å². The van der Waals surface area contributed by atoms with Gasteiger partial charge in [0.15, 0.2) is 0 Å². The van der Waals surface area contributed by atoms with Crippen LogP contribution in [0.3, 0.4) is 0 Å². The van der Waals surface area contributed by atoms with Crippen LogP contribution < -0.4 is 4.74 Å². The molecule has 0 aliphatic heterocycles. The second kappa shape index (κ2) is 13.7. The molecule has 1 aromatic carbocycles. The van der Waals surface area contributed by atoms with Gasteiger partial charge in [-0.1, -0.05) is 99.1 Å². The molecule has 4 fully saturated rings. The number of rotatable bonds is 11. The van der Waals surface area contributed by atoms with Crippen LogP contribution in [0.15, 0.2) is 24.3 Å². The molecule has 0 aromatic heterocycles. The Labute approximate surface area is 279 Å². The average molecular weight is 723 g/mol. The quantitative estimate of drug-likeness (QED) is 0.130. The van der Waals surface area contributed by atoms with Crippen molar-refractivity contribution in [2.24, 2.45) is 46.3 Å². The van der Waals surface area contributed by atoms with Crippen LogP contribution in [0.4, 0.5) is 0 Å². The lowest BCUT2D eigenvalue weighted by Gasteiger charge is -2.66. The number of alkyl halides is 2. The van der Waals surface area contributed by atoms with Crippen molar-refractivity contribution >= 4 is 37.8 Å². The summed E-state index contributed by atoms with van der Waals surface area (Å²) in [6.45, 7) is 15.4. The number of unbranched alkanes of at least 4 members (excludes halogenated alkanes) is 1. The molecule has 0 unspecified atom stereocenters. The Morgan fingerprint density at radius 3 is 2.42 bits per heavy atom. The number of esters is 1. The first kappa shape index (κ1) is 33.8. The molecule has 0 spiro atoms. The molecule has 4 aliphatic rings. The fourth-order valence-electron chi connectivity index (χ4n) is 10.5. The van der Waals surface area contributed by atoms with E-state index < -0.39 is 0 Å². The number of ether oxygens (including phenoxy) is 2. The predicted octanol–water partition coefficient (Wildman–Crippen LogP) is 11.4. The zero-order chi connectivity index (χ0) is 31.0. The van der Waals surface area contributed by atoms with Crippen molar-refractivity contribution in [1.29, 1.82) is 0 Å². The van der Waals surface area contributed by atoms with E-state index in [2.05, 4.69) is 73.4 Å². The molecule has 4 aliphatic carbocycles. The van der Waals surface area contributed by atoms with Gasteiger partial charge < -0.3 is 9.47 Å². The second-order valence-electron chi connectivity index (χ2n) is 15.9. The lowest BCUT2D eigenvalue weighted by atomic mass is 9.44. The highest BCUT2D eigenvalue weighted by Crippen LogP contribution is 2.71. The predicted molar refractivity (Wildman–Crippen MR) is 185 cm³/mol. The third-order valence-corrected chi connectivity index (χ3v) is 16.6. The number of benzene rings is 1. The van der Waals surface area contributed by atoms with E-state index in [0.29, 0.717) is 22.4 Å². The SMILES string of the molecule is CCCCOc1ccc(C(=O)O[C@H]2CC[C@]3(C)[C@@H]4CC[C@@]5(C)[C@H](CC[C@H]5[C@H](C)CCCC(C)C)[C@H]4C[C@H](Br)[C@@]3(Br)C2)cc1. The summed E-state index contributed by atoms with van der Waals surface area (Å²) in [4.78, 5) is 13.6.